The second kappa shape index (κ2) is 5.31. The summed E-state index contributed by atoms with van der Waals surface area (Å²) < 4.78 is 20.6. The number of piperidine rings is 1. The normalized spacial score (nSPS) is 22.0. The van der Waals surface area contributed by atoms with Gasteiger partial charge in [0.05, 0.1) is 17.7 Å². The van der Waals surface area contributed by atoms with Crippen LogP contribution in [0.2, 0.25) is 0 Å². The van der Waals surface area contributed by atoms with E-state index in [0.717, 1.165) is 0 Å². The van der Waals surface area contributed by atoms with Gasteiger partial charge in [0, 0.05) is 36.5 Å². The van der Waals surface area contributed by atoms with Crippen LogP contribution in [-0.4, -0.2) is 36.1 Å². The monoisotopic (exact) mass is 332 g/mol. The van der Waals surface area contributed by atoms with Gasteiger partial charge in [0.25, 0.3) is 0 Å². The largest absolute Gasteiger partial charge is 0.459 e. The number of aliphatic hydroxyl groups is 1. The number of nitrogens with zero attached hydrogens (tertiary/aromatic N) is 1. The number of amides is 2. The predicted molar refractivity (Wildman–Crippen MR) is 84.3 cm³/mol. The molecule has 3 heterocycles. The molecule has 126 valence electrons. The molecule has 0 saturated carbocycles. The van der Waals surface area contributed by atoms with Gasteiger partial charge in [-0.05, 0) is 19.4 Å². The first kappa shape index (κ1) is 15.1. The summed E-state index contributed by atoms with van der Waals surface area (Å²) in [5.41, 5.74) is 1.37. The van der Waals surface area contributed by atoms with E-state index in [1.807, 2.05) is 4.90 Å². The van der Waals surface area contributed by atoms with Crippen LogP contribution in [0.15, 0.2) is 16.5 Å². The smallest absolute Gasteiger partial charge is 0.234 e. The van der Waals surface area contributed by atoms with Gasteiger partial charge in [-0.3, -0.25) is 14.9 Å². The molecule has 2 aliphatic heterocycles. The molecule has 2 aliphatic rings. The Balaban J connectivity index is 1.85. The van der Waals surface area contributed by atoms with Gasteiger partial charge in [-0.1, -0.05) is 0 Å². The zero-order chi connectivity index (χ0) is 17.0. The number of imide groups is 1. The Morgan fingerprint density at radius 2 is 2.08 bits per heavy atom. The molecule has 24 heavy (non-hydrogen) atoms. The number of hydrogen-bond acceptors (Lipinski definition) is 5. The first-order chi connectivity index (χ1) is 11.4. The summed E-state index contributed by atoms with van der Waals surface area (Å²) in [6.45, 7) is 2.61. The third-order valence-corrected chi connectivity index (χ3v) is 4.69. The molecule has 2 amide bonds. The molecule has 7 heteroatoms. The number of fused-ring (bicyclic) bond motifs is 1. The van der Waals surface area contributed by atoms with Crippen LogP contribution in [0.5, 0.6) is 0 Å². The highest BCUT2D eigenvalue weighted by atomic mass is 19.1. The molecule has 1 unspecified atom stereocenters. The van der Waals surface area contributed by atoms with Crippen LogP contribution in [0.25, 0.3) is 11.0 Å². The SMILES string of the molecule is Cc1cc2c(C3CCC(=O)NC3=O)c(F)cc(N3CC(O)C3)c2o1. The molecule has 2 fully saturated rings. The van der Waals surface area contributed by atoms with Gasteiger partial charge >= 0.3 is 0 Å². The molecule has 1 aromatic heterocycles. The highest BCUT2D eigenvalue weighted by Crippen LogP contribution is 2.40. The van der Waals surface area contributed by atoms with Crippen LogP contribution in [0.1, 0.15) is 30.1 Å². The van der Waals surface area contributed by atoms with Crippen molar-refractivity contribution >= 4 is 28.5 Å². The number of benzene rings is 1. The summed E-state index contributed by atoms with van der Waals surface area (Å²) >= 11 is 0. The maximum atomic E-state index is 14.9. The minimum absolute atomic E-state index is 0.189. The van der Waals surface area contributed by atoms with E-state index in [0.29, 0.717) is 35.5 Å². The lowest BCUT2D eigenvalue weighted by molar-refractivity contribution is -0.134. The summed E-state index contributed by atoms with van der Waals surface area (Å²) in [7, 11) is 0. The highest BCUT2D eigenvalue weighted by molar-refractivity contribution is 6.04. The van der Waals surface area contributed by atoms with Crippen molar-refractivity contribution in [1.29, 1.82) is 0 Å². The summed E-state index contributed by atoms with van der Waals surface area (Å²) in [6, 6.07) is 3.08. The number of furan rings is 1. The topological polar surface area (TPSA) is 82.8 Å². The Labute approximate surface area is 137 Å². The minimum atomic E-state index is -0.710. The predicted octanol–water partition coefficient (Wildman–Crippen LogP) is 1.58. The number of halogens is 1. The van der Waals surface area contributed by atoms with Gasteiger partial charge in [-0.15, -0.1) is 0 Å². The zero-order valence-electron chi connectivity index (χ0n) is 13.1. The summed E-state index contributed by atoms with van der Waals surface area (Å²) in [5, 5.41) is 12.3. The Hall–Kier alpha value is -2.41. The molecular weight excluding hydrogens is 315 g/mol. The van der Waals surface area contributed by atoms with Gasteiger partial charge in [-0.2, -0.15) is 0 Å². The lowest BCUT2D eigenvalue weighted by Crippen LogP contribution is -2.51. The number of β-amino-alcohol motifs (C(OH)–C–C–N with tert-alkyl or cyclic N) is 1. The number of hydrogen-bond donors (Lipinski definition) is 2. The van der Waals surface area contributed by atoms with Gasteiger partial charge in [0.15, 0.2) is 5.58 Å². The van der Waals surface area contributed by atoms with E-state index in [1.165, 1.54) is 6.07 Å². The van der Waals surface area contributed by atoms with Crippen LogP contribution in [0, 0.1) is 12.7 Å². The van der Waals surface area contributed by atoms with E-state index in [-0.39, 0.29) is 24.3 Å². The Morgan fingerprint density at radius 1 is 1.33 bits per heavy atom. The quantitative estimate of drug-likeness (QED) is 0.816. The average molecular weight is 332 g/mol. The first-order valence-electron chi connectivity index (χ1n) is 7.93. The molecular formula is C17H17FN2O4. The fraction of sp³-hybridized carbons (Fsp3) is 0.412. The van der Waals surface area contributed by atoms with Crippen molar-refractivity contribution in [3.63, 3.8) is 0 Å². The van der Waals surface area contributed by atoms with Crippen LogP contribution in [0.3, 0.4) is 0 Å². The highest BCUT2D eigenvalue weighted by Gasteiger charge is 2.34. The molecule has 0 radical (unpaired) electrons. The van der Waals surface area contributed by atoms with E-state index in [2.05, 4.69) is 5.32 Å². The van der Waals surface area contributed by atoms with E-state index in [4.69, 9.17) is 4.42 Å². The summed E-state index contributed by atoms with van der Waals surface area (Å²) in [6.07, 6.45) is 0.0469. The van der Waals surface area contributed by atoms with E-state index in [1.54, 1.807) is 13.0 Å². The van der Waals surface area contributed by atoms with Gasteiger partial charge < -0.3 is 14.4 Å². The van der Waals surface area contributed by atoms with E-state index < -0.39 is 23.7 Å². The van der Waals surface area contributed by atoms with E-state index in [9.17, 15) is 19.1 Å². The molecule has 4 rings (SSSR count). The third-order valence-electron chi connectivity index (χ3n) is 4.69. The standard InChI is InChI=1S/C17H17FN2O4/c1-8-4-11-15(10-2-3-14(22)19-17(10)23)12(18)5-13(16(11)24-8)20-6-9(21)7-20/h4-5,9-10,21H,2-3,6-7H2,1H3,(H,19,22,23). The van der Waals surface area contributed by atoms with Crippen molar-refractivity contribution in [2.24, 2.45) is 0 Å². The molecule has 0 bridgehead atoms. The molecule has 1 aromatic carbocycles. The van der Waals surface area contributed by atoms with Crippen LogP contribution >= 0.6 is 0 Å². The number of rotatable bonds is 2. The maximum Gasteiger partial charge on any atom is 0.234 e. The Morgan fingerprint density at radius 3 is 2.75 bits per heavy atom. The fourth-order valence-corrected chi connectivity index (χ4v) is 3.51. The average Bonchev–Trinajstić information content (AvgIpc) is 2.86. The van der Waals surface area contributed by atoms with Gasteiger partial charge in [0.2, 0.25) is 11.8 Å². The molecule has 2 saturated heterocycles. The van der Waals surface area contributed by atoms with Gasteiger partial charge in [0.1, 0.15) is 11.6 Å². The second-order valence-corrected chi connectivity index (χ2v) is 6.45. The zero-order valence-corrected chi connectivity index (χ0v) is 13.1. The van der Waals surface area contributed by atoms with E-state index >= 15 is 0 Å². The Bertz CT molecular complexity index is 854. The number of anilines is 1. The van der Waals surface area contributed by atoms with Crippen LogP contribution < -0.4 is 10.2 Å². The van der Waals surface area contributed by atoms with Gasteiger partial charge in [-0.25, -0.2) is 4.39 Å². The lowest BCUT2D eigenvalue weighted by Gasteiger charge is -2.38. The third kappa shape index (κ3) is 2.27. The number of aliphatic hydroxyl groups excluding tert-OH is 1. The van der Waals surface area contributed by atoms with Crippen molar-refractivity contribution in [1.82, 2.24) is 5.32 Å². The summed E-state index contributed by atoms with van der Waals surface area (Å²) in [5.74, 6) is -1.39. The van der Waals surface area contributed by atoms with Crippen molar-refractivity contribution in [2.75, 3.05) is 18.0 Å². The molecule has 1 atom stereocenters. The van der Waals surface area contributed by atoms with Crippen LogP contribution in [-0.2, 0) is 9.59 Å². The van der Waals surface area contributed by atoms with Crippen molar-refractivity contribution in [2.45, 2.75) is 31.8 Å². The van der Waals surface area contributed by atoms with Crippen molar-refractivity contribution < 1.29 is 23.5 Å². The van der Waals surface area contributed by atoms with Crippen molar-refractivity contribution in [3.05, 3.63) is 29.3 Å². The minimum Gasteiger partial charge on any atom is -0.459 e. The lowest BCUT2D eigenvalue weighted by atomic mass is 9.87. The van der Waals surface area contributed by atoms with Crippen LogP contribution in [0.4, 0.5) is 10.1 Å². The number of carbonyl (C=O) groups is 2. The first-order valence-corrected chi connectivity index (χ1v) is 7.93. The second-order valence-electron chi connectivity index (χ2n) is 6.45. The number of nitrogens with one attached hydrogen (secondary N) is 1. The number of carbonyl (C=O) groups excluding carboxylic acids is 2. The molecule has 2 aromatic rings. The fourth-order valence-electron chi connectivity index (χ4n) is 3.51. The maximum absolute atomic E-state index is 14.9. The summed E-state index contributed by atoms with van der Waals surface area (Å²) in [4.78, 5) is 25.4. The number of aryl methyl sites for hydroxylation is 1. The molecule has 2 N–H and O–H groups in total. The molecule has 6 nitrogen and oxygen atoms in total. The Kier molecular flexibility index (Phi) is 3.35. The molecule has 0 spiro atoms. The molecule has 0 aliphatic carbocycles. The van der Waals surface area contributed by atoms with Crippen molar-refractivity contribution in [3.8, 4) is 0 Å².